The van der Waals surface area contributed by atoms with E-state index in [0.717, 1.165) is 31.4 Å². The van der Waals surface area contributed by atoms with E-state index in [1.54, 1.807) is 6.07 Å². The zero-order chi connectivity index (χ0) is 10.8. The first-order valence-corrected chi connectivity index (χ1v) is 5.56. The average Bonchev–Trinajstić information content (AvgIpc) is 2.99. The number of rotatable bonds is 4. The van der Waals surface area contributed by atoms with Gasteiger partial charge >= 0.3 is 0 Å². The van der Waals surface area contributed by atoms with Gasteiger partial charge < -0.3 is 10.7 Å². The lowest BCUT2D eigenvalue weighted by molar-refractivity contribution is 0.585. The van der Waals surface area contributed by atoms with E-state index in [1.807, 2.05) is 0 Å². The molecule has 4 heteroatoms. The first-order chi connectivity index (χ1) is 7.20. The SMILES string of the molecule is CCCc1cc(=O)[nH]c(C(N)C2CC2)n1. The maximum absolute atomic E-state index is 11.4. The standard InChI is InChI=1S/C11H17N3O/c1-2-3-8-6-9(15)14-11(13-8)10(12)7-4-5-7/h6-7,10H,2-5,12H2,1H3,(H,13,14,15). The molecule has 4 nitrogen and oxygen atoms in total. The Labute approximate surface area is 88.9 Å². The Balaban J connectivity index is 2.25. The summed E-state index contributed by atoms with van der Waals surface area (Å²) in [4.78, 5) is 18.5. The fraction of sp³-hybridized carbons (Fsp3) is 0.636. The van der Waals surface area contributed by atoms with Gasteiger partial charge in [0.15, 0.2) is 0 Å². The van der Waals surface area contributed by atoms with Crippen LogP contribution in [0.4, 0.5) is 0 Å². The second-order valence-corrected chi connectivity index (χ2v) is 4.24. The summed E-state index contributed by atoms with van der Waals surface area (Å²) in [6.45, 7) is 2.07. The molecule has 1 aliphatic carbocycles. The second-order valence-electron chi connectivity index (χ2n) is 4.24. The van der Waals surface area contributed by atoms with Crippen molar-refractivity contribution in [1.29, 1.82) is 0 Å². The number of aromatic nitrogens is 2. The van der Waals surface area contributed by atoms with Gasteiger partial charge in [0.1, 0.15) is 5.82 Å². The van der Waals surface area contributed by atoms with Crippen LogP contribution >= 0.6 is 0 Å². The highest BCUT2D eigenvalue weighted by molar-refractivity contribution is 5.07. The number of hydrogen-bond donors (Lipinski definition) is 2. The number of nitrogens with two attached hydrogens (primary N) is 1. The summed E-state index contributed by atoms with van der Waals surface area (Å²) in [6, 6.07) is 1.47. The molecule has 1 saturated carbocycles. The summed E-state index contributed by atoms with van der Waals surface area (Å²) in [5.74, 6) is 1.18. The van der Waals surface area contributed by atoms with E-state index < -0.39 is 0 Å². The van der Waals surface area contributed by atoms with Gasteiger partial charge in [-0.15, -0.1) is 0 Å². The van der Waals surface area contributed by atoms with Crippen molar-refractivity contribution >= 4 is 0 Å². The van der Waals surface area contributed by atoms with Gasteiger partial charge in [-0.25, -0.2) is 4.98 Å². The van der Waals surface area contributed by atoms with Gasteiger partial charge in [0, 0.05) is 11.8 Å². The molecular weight excluding hydrogens is 190 g/mol. The number of H-pyrrole nitrogens is 1. The van der Waals surface area contributed by atoms with Crippen LogP contribution in [-0.2, 0) is 6.42 Å². The van der Waals surface area contributed by atoms with Gasteiger partial charge in [-0.2, -0.15) is 0 Å². The molecule has 15 heavy (non-hydrogen) atoms. The van der Waals surface area contributed by atoms with Gasteiger partial charge in [-0.1, -0.05) is 13.3 Å². The third kappa shape index (κ3) is 2.45. The Bertz CT molecular complexity index is 395. The van der Waals surface area contributed by atoms with Crippen molar-refractivity contribution < 1.29 is 0 Å². The van der Waals surface area contributed by atoms with Crippen LogP contribution in [0.2, 0.25) is 0 Å². The van der Waals surface area contributed by atoms with Crippen molar-refractivity contribution in [3.63, 3.8) is 0 Å². The molecule has 3 N–H and O–H groups in total. The van der Waals surface area contributed by atoms with Crippen molar-refractivity contribution in [2.45, 2.75) is 38.6 Å². The molecule has 2 rings (SSSR count). The lowest BCUT2D eigenvalue weighted by Gasteiger charge is -2.10. The second kappa shape index (κ2) is 4.14. The fourth-order valence-electron chi connectivity index (χ4n) is 1.75. The first kappa shape index (κ1) is 10.4. The van der Waals surface area contributed by atoms with Gasteiger partial charge in [-0.3, -0.25) is 4.79 Å². The minimum atomic E-state index is -0.0884. The number of nitrogens with one attached hydrogen (secondary N) is 1. The lowest BCUT2D eigenvalue weighted by atomic mass is 10.1. The molecule has 1 fully saturated rings. The molecule has 1 atom stereocenters. The monoisotopic (exact) mass is 207 g/mol. The Hall–Kier alpha value is -1.16. The molecular formula is C11H17N3O. The molecule has 0 spiro atoms. The zero-order valence-corrected chi connectivity index (χ0v) is 8.99. The molecule has 1 aliphatic rings. The summed E-state index contributed by atoms with van der Waals surface area (Å²) in [7, 11) is 0. The predicted molar refractivity (Wildman–Crippen MR) is 58.5 cm³/mol. The van der Waals surface area contributed by atoms with Crippen LogP contribution in [0, 0.1) is 5.92 Å². The lowest BCUT2D eigenvalue weighted by Crippen LogP contribution is -2.21. The van der Waals surface area contributed by atoms with Crippen LogP contribution < -0.4 is 11.3 Å². The van der Waals surface area contributed by atoms with Crippen molar-refractivity contribution in [2.24, 2.45) is 11.7 Å². The van der Waals surface area contributed by atoms with Gasteiger partial charge in [0.2, 0.25) is 0 Å². The number of aryl methyl sites for hydroxylation is 1. The van der Waals surface area contributed by atoms with Gasteiger partial charge in [0.05, 0.1) is 6.04 Å². The van der Waals surface area contributed by atoms with E-state index in [1.165, 1.54) is 0 Å². The Kier molecular flexibility index (Phi) is 2.86. The minimum Gasteiger partial charge on any atom is -0.321 e. The van der Waals surface area contributed by atoms with E-state index in [9.17, 15) is 4.79 Å². The fourth-order valence-corrected chi connectivity index (χ4v) is 1.75. The average molecular weight is 207 g/mol. The summed E-state index contributed by atoms with van der Waals surface area (Å²) in [5.41, 5.74) is 6.77. The number of aromatic amines is 1. The molecule has 0 aliphatic heterocycles. The van der Waals surface area contributed by atoms with Crippen LogP contribution in [0.1, 0.15) is 43.7 Å². The normalized spacial score (nSPS) is 17.7. The van der Waals surface area contributed by atoms with Crippen LogP contribution in [0.3, 0.4) is 0 Å². The van der Waals surface area contributed by atoms with Crippen LogP contribution in [-0.4, -0.2) is 9.97 Å². The summed E-state index contributed by atoms with van der Waals surface area (Å²) in [5, 5.41) is 0. The summed E-state index contributed by atoms with van der Waals surface area (Å²) >= 11 is 0. The smallest absolute Gasteiger partial charge is 0.251 e. The molecule has 1 unspecified atom stereocenters. The molecule has 0 saturated heterocycles. The summed E-state index contributed by atoms with van der Waals surface area (Å²) in [6.07, 6.45) is 4.15. The topological polar surface area (TPSA) is 71.8 Å². The Morgan fingerprint density at radius 1 is 1.67 bits per heavy atom. The highest BCUT2D eigenvalue weighted by atomic mass is 16.1. The van der Waals surface area contributed by atoms with E-state index in [-0.39, 0.29) is 11.6 Å². The molecule has 1 aromatic heterocycles. The number of nitrogens with zero attached hydrogens (tertiary/aromatic N) is 1. The van der Waals surface area contributed by atoms with E-state index in [0.29, 0.717) is 11.7 Å². The van der Waals surface area contributed by atoms with E-state index >= 15 is 0 Å². The molecule has 1 heterocycles. The van der Waals surface area contributed by atoms with E-state index in [4.69, 9.17) is 5.73 Å². The molecule has 0 bridgehead atoms. The molecule has 0 amide bonds. The minimum absolute atomic E-state index is 0.0837. The third-order valence-corrected chi connectivity index (χ3v) is 2.76. The van der Waals surface area contributed by atoms with Crippen molar-refractivity contribution in [3.8, 4) is 0 Å². The van der Waals surface area contributed by atoms with E-state index in [2.05, 4.69) is 16.9 Å². The maximum Gasteiger partial charge on any atom is 0.251 e. The summed E-state index contributed by atoms with van der Waals surface area (Å²) < 4.78 is 0. The first-order valence-electron chi connectivity index (χ1n) is 5.56. The Morgan fingerprint density at radius 2 is 2.40 bits per heavy atom. The van der Waals surface area contributed by atoms with Crippen molar-refractivity contribution in [1.82, 2.24) is 9.97 Å². The highest BCUT2D eigenvalue weighted by Gasteiger charge is 2.31. The van der Waals surface area contributed by atoms with Crippen molar-refractivity contribution in [3.05, 3.63) is 27.9 Å². The van der Waals surface area contributed by atoms with Gasteiger partial charge in [0.25, 0.3) is 5.56 Å². The largest absolute Gasteiger partial charge is 0.321 e. The van der Waals surface area contributed by atoms with Crippen LogP contribution in [0.25, 0.3) is 0 Å². The quantitative estimate of drug-likeness (QED) is 0.777. The van der Waals surface area contributed by atoms with Crippen LogP contribution in [0.5, 0.6) is 0 Å². The molecule has 0 radical (unpaired) electrons. The Morgan fingerprint density at radius 3 is 3.00 bits per heavy atom. The molecule has 82 valence electrons. The maximum atomic E-state index is 11.4. The van der Waals surface area contributed by atoms with Gasteiger partial charge in [-0.05, 0) is 25.2 Å². The van der Waals surface area contributed by atoms with Crippen molar-refractivity contribution in [2.75, 3.05) is 0 Å². The third-order valence-electron chi connectivity index (χ3n) is 2.76. The van der Waals surface area contributed by atoms with Crippen LogP contribution in [0.15, 0.2) is 10.9 Å². The predicted octanol–water partition coefficient (Wildman–Crippen LogP) is 1.13. The molecule has 0 aromatic carbocycles. The highest BCUT2D eigenvalue weighted by Crippen LogP contribution is 2.37. The molecule has 1 aromatic rings. The zero-order valence-electron chi connectivity index (χ0n) is 8.99. The number of hydrogen-bond acceptors (Lipinski definition) is 3.